The van der Waals surface area contributed by atoms with Gasteiger partial charge in [-0.05, 0) is 47.0 Å². The molecule has 0 spiro atoms. The molecule has 0 radical (unpaired) electrons. The Morgan fingerprint density at radius 1 is 0.815 bits per heavy atom. The largest absolute Gasteiger partial charge is 0.495 e. The molecule has 1 aliphatic rings. The summed E-state index contributed by atoms with van der Waals surface area (Å²) >= 11 is 0. The van der Waals surface area contributed by atoms with E-state index in [9.17, 15) is 18.4 Å². The maximum atomic E-state index is 13.4. The molecule has 3 aromatic rings. The van der Waals surface area contributed by atoms with Crippen LogP contribution in [0.2, 0.25) is 0 Å². The summed E-state index contributed by atoms with van der Waals surface area (Å²) in [5.41, 5.74) is 2.65. The van der Waals surface area contributed by atoms with Gasteiger partial charge in [-0.1, -0.05) is 24.3 Å². The first-order valence-corrected chi connectivity index (χ1v) is 8.12. The Bertz CT molecular complexity index is 1070. The third-order valence-electron chi connectivity index (χ3n) is 4.47. The number of halogens is 2. The van der Waals surface area contributed by atoms with Crippen molar-refractivity contribution in [3.8, 4) is 28.0 Å². The summed E-state index contributed by atoms with van der Waals surface area (Å²) in [6.07, 6.45) is 0. The van der Waals surface area contributed by atoms with Crippen LogP contribution in [0.15, 0.2) is 54.6 Å². The number of anilines is 1. The van der Waals surface area contributed by atoms with Gasteiger partial charge >= 0.3 is 0 Å². The smallest absolute Gasteiger partial charge is 0.296 e. The Morgan fingerprint density at radius 3 is 1.93 bits per heavy atom. The summed E-state index contributed by atoms with van der Waals surface area (Å²) in [6.45, 7) is 0. The van der Waals surface area contributed by atoms with Crippen LogP contribution in [0.1, 0.15) is 10.4 Å². The van der Waals surface area contributed by atoms with Crippen molar-refractivity contribution in [3.63, 3.8) is 0 Å². The van der Waals surface area contributed by atoms with Crippen LogP contribution < -0.4 is 10.1 Å². The SMILES string of the molecule is COc1cc(-c2ccc(F)cc2)c(-c2ccc(F)cc2)c2c1NC(=O)C2=O. The highest BCUT2D eigenvalue weighted by atomic mass is 19.1. The van der Waals surface area contributed by atoms with E-state index in [1.54, 1.807) is 18.2 Å². The molecule has 134 valence electrons. The topological polar surface area (TPSA) is 55.4 Å². The zero-order chi connectivity index (χ0) is 19.1. The Balaban J connectivity index is 2.08. The van der Waals surface area contributed by atoms with Crippen molar-refractivity contribution >= 4 is 17.4 Å². The fourth-order valence-corrected chi connectivity index (χ4v) is 3.23. The van der Waals surface area contributed by atoms with E-state index in [0.29, 0.717) is 28.0 Å². The van der Waals surface area contributed by atoms with E-state index in [1.165, 1.54) is 43.5 Å². The number of amides is 1. The monoisotopic (exact) mass is 365 g/mol. The lowest BCUT2D eigenvalue weighted by Gasteiger charge is -2.17. The molecule has 0 aliphatic carbocycles. The molecule has 1 heterocycles. The number of hydrogen-bond donors (Lipinski definition) is 1. The molecule has 27 heavy (non-hydrogen) atoms. The van der Waals surface area contributed by atoms with Crippen LogP contribution in [0.5, 0.6) is 5.75 Å². The molecule has 3 aromatic carbocycles. The highest BCUT2D eigenvalue weighted by molar-refractivity contribution is 6.53. The summed E-state index contributed by atoms with van der Waals surface area (Å²) < 4.78 is 32.1. The van der Waals surface area contributed by atoms with Crippen LogP contribution in [0.4, 0.5) is 14.5 Å². The third-order valence-corrected chi connectivity index (χ3v) is 4.47. The van der Waals surface area contributed by atoms with E-state index in [1.807, 2.05) is 0 Å². The first-order chi connectivity index (χ1) is 13.0. The van der Waals surface area contributed by atoms with Crippen LogP contribution in [0, 0.1) is 11.6 Å². The van der Waals surface area contributed by atoms with Crippen molar-refractivity contribution in [1.29, 1.82) is 0 Å². The predicted molar refractivity (Wildman–Crippen MR) is 96.7 cm³/mol. The number of hydrogen-bond acceptors (Lipinski definition) is 3. The molecule has 1 amide bonds. The molecule has 1 N–H and O–H groups in total. The average Bonchev–Trinajstić information content (AvgIpc) is 2.97. The lowest BCUT2D eigenvalue weighted by atomic mass is 9.88. The Labute approximate surface area is 153 Å². The van der Waals surface area contributed by atoms with Gasteiger partial charge in [0.1, 0.15) is 17.4 Å². The molecule has 0 saturated carbocycles. The zero-order valence-electron chi connectivity index (χ0n) is 14.2. The van der Waals surface area contributed by atoms with Crippen molar-refractivity contribution in [3.05, 3.63) is 71.8 Å². The number of nitrogens with one attached hydrogen (secondary N) is 1. The molecule has 0 bridgehead atoms. The number of rotatable bonds is 3. The zero-order valence-corrected chi connectivity index (χ0v) is 14.2. The molecule has 1 aliphatic heterocycles. The van der Waals surface area contributed by atoms with Gasteiger partial charge in [0, 0.05) is 5.56 Å². The maximum Gasteiger partial charge on any atom is 0.296 e. The molecule has 0 atom stereocenters. The number of methoxy groups -OCH3 is 1. The number of carbonyl (C=O) groups excluding carboxylic acids is 2. The normalized spacial score (nSPS) is 12.7. The van der Waals surface area contributed by atoms with Gasteiger partial charge in [-0.15, -0.1) is 0 Å². The Morgan fingerprint density at radius 2 is 1.37 bits per heavy atom. The van der Waals surface area contributed by atoms with Crippen LogP contribution in [0.3, 0.4) is 0 Å². The summed E-state index contributed by atoms with van der Waals surface area (Å²) in [6, 6.07) is 13.0. The number of ether oxygens (including phenoxy) is 1. The van der Waals surface area contributed by atoms with Gasteiger partial charge in [0.15, 0.2) is 0 Å². The van der Waals surface area contributed by atoms with Gasteiger partial charge in [0.05, 0.1) is 18.4 Å². The Hall–Kier alpha value is -3.54. The van der Waals surface area contributed by atoms with Crippen molar-refractivity contribution in [2.75, 3.05) is 12.4 Å². The summed E-state index contributed by atoms with van der Waals surface area (Å²) in [4.78, 5) is 24.6. The van der Waals surface area contributed by atoms with Crippen LogP contribution in [-0.2, 0) is 4.79 Å². The first-order valence-electron chi connectivity index (χ1n) is 8.12. The van der Waals surface area contributed by atoms with Crippen molar-refractivity contribution in [2.45, 2.75) is 0 Å². The van der Waals surface area contributed by atoms with Crippen LogP contribution in [0.25, 0.3) is 22.3 Å². The number of benzene rings is 3. The second-order valence-corrected chi connectivity index (χ2v) is 6.05. The standard InChI is InChI=1S/C21H13F2NO3/c1-27-16-10-15(11-2-6-13(22)7-3-11)17(12-4-8-14(23)9-5-12)18-19(16)24-21(26)20(18)25/h2-10H,1H3,(H,24,25,26). The van der Waals surface area contributed by atoms with Gasteiger partial charge in [-0.2, -0.15) is 0 Å². The third kappa shape index (κ3) is 2.75. The Kier molecular flexibility index (Phi) is 3.96. The van der Waals surface area contributed by atoms with Gasteiger partial charge in [-0.3, -0.25) is 9.59 Å². The average molecular weight is 365 g/mol. The molecule has 0 fully saturated rings. The molecule has 0 unspecified atom stereocenters. The molecule has 4 nitrogen and oxygen atoms in total. The number of Topliss-reactive ketones (excluding diaryl/α,β-unsaturated/α-hetero) is 1. The van der Waals surface area contributed by atoms with Gasteiger partial charge in [0.25, 0.3) is 11.7 Å². The van der Waals surface area contributed by atoms with Gasteiger partial charge in [0.2, 0.25) is 0 Å². The van der Waals surface area contributed by atoms with E-state index in [4.69, 9.17) is 4.74 Å². The van der Waals surface area contributed by atoms with Crippen molar-refractivity contribution < 1.29 is 23.1 Å². The summed E-state index contributed by atoms with van der Waals surface area (Å²) in [5.74, 6) is -1.97. The minimum Gasteiger partial charge on any atom is -0.495 e. The van der Waals surface area contributed by atoms with E-state index in [-0.39, 0.29) is 11.3 Å². The lowest BCUT2D eigenvalue weighted by Crippen LogP contribution is -2.13. The van der Waals surface area contributed by atoms with E-state index >= 15 is 0 Å². The van der Waals surface area contributed by atoms with Crippen molar-refractivity contribution in [1.82, 2.24) is 0 Å². The number of ketones is 1. The number of carbonyl (C=O) groups is 2. The van der Waals surface area contributed by atoms with E-state index < -0.39 is 23.3 Å². The molecular weight excluding hydrogens is 352 g/mol. The molecular formula is C21H13F2NO3. The van der Waals surface area contributed by atoms with Crippen molar-refractivity contribution in [2.24, 2.45) is 0 Å². The second-order valence-electron chi connectivity index (χ2n) is 6.05. The number of fused-ring (bicyclic) bond motifs is 1. The van der Waals surface area contributed by atoms with E-state index in [2.05, 4.69) is 5.32 Å². The van der Waals surface area contributed by atoms with Gasteiger partial charge in [-0.25, -0.2) is 8.78 Å². The highest BCUT2D eigenvalue weighted by Crippen LogP contribution is 2.46. The summed E-state index contributed by atoms with van der Waals surface area (Å²) in [5, 5.41) is 2.53. The molecule has 6 heteroatoms. The van der Waals surface area contributed by atoms with Gasteiger partial charge < -0.3 is 10.1 Å². The summed E-state index contributed by atoms with van der Waals surface area (Å²) in [7, 11) is 1.43. The molecule has 0 saturated heterocycles. The molecule has 0 aromatic heterocycles. The second kappa shape index (κ2) is 6.32. The maximum absolute atomic E-state index is 13.4. The molecule has 4 rings (SSSR count). The highest BCUT2D eigenvalue weighted by Gasteiger charge is 2.35. The predicted octanol–water partition coefficient (Wildman–Crippen LogP) is 4.44. The fourth-order valence-electron chi connectivity index (χ4n) is 3.23. The van der Waals surface area contributed by atoms with Crippen LogP contribution in [-0.4, -0.2) is 18.8 Å². The fraction of sp³-hybridized carbons (Fsp3) is 0.0476. The quantitative estimate of drug-likeness (QED) is 0.698. The minimum absolute atomic E-state index is 0.158. The van der Waals surface area contributed by atoms with Crippen LogP contribution >= 0.6 is 0 Å². The van der Waals surface area contributed by atoms with E-state index in [0.717, 1.165) is 0 Å². The minimum atomic E-state index is -0.761. The first kappa shape index (κ1) is 16.9. The lowest BCUT2D eigenvalue weighted by molar-refractivity contribution is -0.112.